The lowest BCUT2D eigenvalue weighted by Gasteiger charge is -2.24. The number of para-hydroxylation sites is 1. The summed E-state index contributed by atoms with van der Waals surface area (Å²) in [5.74, 6) is -0.581. The smallest absolute Gasteiger partial charge is 0.238 e. The monoisotopic (exact) mass is 327 g/mol. The van der Waals surface area contributed by atoms with E-state index in [4.69, 9.17) is 0 Å². The highest BCUT2D eigenvalue weighted by molar-refractivity contribution is 6.22. The minimum Gasteiger partial charge on any atom is -0.274 e. The summed E-state index contributed by atoms with van der Waals surface area (Å²) in [6.45, 7) is 0. The van der Waals surface area contributed by atoms with Gasteiger partial charge >= 0.3 is 0 Å². The maximum atomic E-state index is 12.9. The number of hydrogen-bond acceptors (Lipinski definition) is 2. The Morgan fingerprint density at radius 1 is 0.680 bits per heavy atom. The molecule has 3 aromatic carbocycles. The number of rotatable bonds is 1. The van der Waals surface area contributed by atoms with Gasteiger partial charge in [0.1, 0.15) is 0 Å². The van der Waals surface area contributed by atoms with Crippen molar-refractivity contribution in [2.24, 2.45) is 11.8 Å². The lowest BCUT2D eigenvalue weighted by atomic mass is 9.76. The molecular weight excluding hydrogens is 310 g/mol. The van der Waals surface area contributed by atoms with Crippen molar-refractivity contribution in [3.05, 3.63) is 77.9 Å². The van der Waals surface area contributed by atoms with Crippen LogP contribution in [0.15, 0.2) is 66.7 Å². The van der Waals surface area contributed by atoms with Crippen molar-refractivity contribution in [2.75, 3.05) is 4.90 Å². The van der Waals surface area contributed by atoms with Gasteiger partial charge in [-0.05, 0) is 46.9 Å². The first kappa shape index (κ1) is 14.4. The molecule has 0 N–H and O–H groups in total. The zero-order valence-electron chi connectivity index (χ0n) is 13.7. The van der Waals surface area contributed by atoms with E-state index in [-0.39, 0.29) is 23.7 Å². The van der Waals surface area contributed by atoms with Crippen molar-refractivity contribution in [1.29, 1.82) is 0 Å². The second kappa shape index (κ2) is 5.28. The Morgan fingerprint density at radius 2 is 1.16 bits per heavy atom. The first-order valence-electron chi connectivity index (χ1n) is 8.66. The van der Waals surface area contributed by atoms with E-state index in [0.717, 1.165) is 0 Å². The average Bonchev–Trinajstić information content (AvgIpc) is 2.89. The minimum atomic E-state index is -0.235. The predicted molar refractivity (Wildman–Crippen MR) is 97.3 cm³/mol. The van der Waals surface area contributed by atoms with E-state index in [2.05, 4.69) is 24.3 Å². The van der Waals surface area contributed by atoms with Gasteiger partial charge in [-0.3, -0.25) is 14.5 Å². The van der Waals surface area contributed by atoms with Gasteiger partial charge in [0.15, 0.2) is 0 Å². The molecule has 1 fully saturated rings. The standard InChI is InChI=1S/C22H17NO2/c24-21-19-12-16-10-14-6-4-5-7-15(14)11-17(16)13-20(19)22(25)23(21)18-8-2-1-3-9-18/h1-11,19-20H,12-13H2. The second-order valence-corrected chi connectivity index (χ2v) is 6.94. The molecular formula is C22H17NO2. The van der Waals surface area contributed by atoms with Crippen molar-refractivity contribution in [2.45, 2.75) is 12.8 Å². The molecule has 2 aliphatic rings. The van der Waals surface area contributed by atoms with Crippen LogP contribution < -0.4 is 4.90 Å². The fraction of sp³-hybridized carbons (Fsp3) is 0.182. The van der Waals surface area contributed by atoms with Crippen molar-refractivity contribution in [1.82, 2.24) is 0 Å². The number of carbonyl (C=O) groups excluding carboxylic acids is 2. The summed E-state index contributed by atoms with van der Waals surface area (Å²) in [5.41, 5.74) is 3.09. The average molecular weight is 327 g/mol. The largest absolute Gasteiger partial charge is 0.274 e. The van der Waals surface area contributed by atoms with Gasteiger partial charge in [-0.25, -0.2) is 0 Å². The molecule has 2 unspecified atom stereocenters. The molecule has 1 aliphatic carbocycles. The Hall–Kier alpha value is -2.94. The van der Waals surface area contributed by atoms with Crippen molar-refractivity contribution < 1.29 is 9.59 Å². The zero-order valence-corrected chi connectivity index (χ0v) is 13.7. The third-order valence-electron chi connectivity index (χ3n) is 5.52. The van der Waals surface area contributed by atoms with Gasteiger partial charge in [0.25, 0.3) is 0 Å². The number of fused-ring (bicyclic) bond motifs is 3. The van der Waals surface area contributed by atoms with E-state index >= 15 is 0 Å². The molecule has 3 nitrogen and oxygen atoms in total. The third-order valence-corrected chi connectivity index (χ3v) is 5.52. The summed E-state index contributed by atoms with van der Waals surface area (Å²) < 4.78 is 0. The van der Waals surface area contributed by atoms with Gasteiger partial charge in [0.05, 0.1) is 17.5 Å². The SMILES string of the molecule is O=C1C2Cc3cc4ccccc4cc3CC2C(=O)N1c1ccccc1. The summed E-state index contributed by atoms with van der Waals surface area (Å²) in [6, 6.07) is 21.9. The predicted octanol–water partition coefficient (Wildman–Crippen LogP) is 3.74. The lowest BCUT2D eigenvalue weighted by molar-refractivity contribution is -0.122. The Bertz CT molecular complexity index is 946. The van der Waals surface area contributed by atoms with Gasteiger partial charge in [-0.1, -0.05) is 54.6 Å². The number of hydrogen-bond donors (Lipinski definition) is 0. The number of benzene rings is 3. The summed E-state index contributed by atoms with van der Waals surface area (Å²) in [6.07, 6.45) is 1.30. The van der Waals surface area contributed by atoms with E-state index < -0.39 is 0 Å². The Labute approximate surface area is 145 Å². The molecule has 0 radical (unpaired) electrons. The van der Waals surface area contributed by atoms with Crippen LogP contribution in [-0.4, -0.2) is 11.8 Å². The van der Waals surface area contributed by atoms with E-state index in [0.29, 0.717) is 18.5 Å². The van der Waals surface area contributed by atoms with Crippen LogP contribution in [0.4, 0.5) is 5.69 Å². The molecule has 0 aromatic heterocycles. The topological polar surface area (TPSA) is 37.4 Å². The molecule has 0 saturated carbocycles. The molecule has 1 saturated heterocycles. The summed E-state index contributed by atoms with van der Waals surface area (Å²) >= 11 is 0. The fourth-order valence-corrected chi connectivity index (χ4v) is 4.26. The normalized spacial score (nSPS) is 22.2. The van der Waals surface area contributed by atoms with E-state index in [9.17, 15) is 9.59 Å². The zero-order chi connectivity index (χ0) is 17.0. The molecule has 0 bridgehead atoms. The molecule has 122 valence electrons. The highest BCUT2D eigenvalue weighted by Crippen LogP contribution is 2.40. The van der Waals surface area contributed by atoms with Gasteiger partial charge in [0.2, 0.25) is 11.8 Å². The number of nitrogens with zero attached hydrogens (tertiary/aromatic N) is 1. The first-order valence-corrected chi connectivity index (χ1v) is 8.66. The molecule has 3 aromatic rings. The van der Waals surface area contributed by atoms with Crippen LogP contribution in [0.25, 0.3) is 10.8 Å². The van der Waals surface area contributed by atoms with Crippen LogP contribution in [-0.2, 0) is 22.4 Å². The van der Waals surface area contributed by atoms with E-state index in [1.165, 1.54) is 26.8 Å². The summed E-state index contributed by atoms with van der Waals surface area (Å²) in [7, 11) is 0. The van der Waals surface area contributed by atoms with Gasteiger partial charge in [-0.2, -0.15) is 0 Å². The third kappa shape index (κ3) is 2.12. The second-order valence-electron chi connectivity index (χ2n) is 6.94. The molecule has 1 aliphatic heterocycles. The van der Waals surface area contributed by atoms with Gasteiger partial charge < -0.3 is 0 Å². The summed E-state index contributed by atoms with van der Waals surface area (Å²) in [5, 5.41) is 2.38. The maximum absolute atomic E-state index is 12.9. The number of amides is 2. The van der Waals surface area contributed by atoms with Crippen LogP contribution in [0, 0.1) is 11.8 Å². The fourth-order valence-electron chi connectivity index (χ4n) is 4.26. The van der Waals surface area contributed by atoms with Crippen molar-refractivity contribution in [3.63, 3.8) is 0 Å². The van der Waals surface area contributed by atoms with Gasteiger partial charge in [-0.15, -0.1) is 0 Å². The maximum Gasteiger partial charge on any atom is 0.238 e. The Balaban J connectivity index is 1.56. The Morgan fingerprint density at radius 3 is 1.68 bits per heavy atom. The molecule has 2 atom stereocenters. The molecule has 3 heteroatoms. The molecule has 2 amide bonds. The Kier molecular flexibility index (Phi) is 3.04. The molecule has 25 heavy (non-hydrogen) atoms. The quantitative estimate of drug-likeness (QED) is 0.639. The lowest BCUT2D eigenvalue weighted by Crippen LogP contribution is -2.30. The van der Waals surface area contributed by atoms with Crippen LogP contribution >= 0.6 is 0 Å². The number of carbonyl (C=O) groups is 2. The van der Waals surface area contributed by atoms with Crippen LogP contribution in [0.3, 0.4) is 0 Å². The molecule has 5 rings (SSSR count). The van der Waals surface area contributed by atoms with E-state index in [1.807, 2.05) is 42.5 Å². The van der Waals surface area contributed by atoms with Crippen molar-refractivity contribution in [3.8, 4) is 0 Å². The van der Waals surface area contributed by atoms with Crippen LogP contribution in [0.2, 0.25) is 0 Å². The molecule has 1 heterocycles. The van der Waals surface area contributed by atoms with Gasteiger partial charge in [0, 0.05) is 0 Å². The van der Waals surface area contributed by atoms with Crippen molar-refractivity contribution >= 4 is 28.3 Å². The molecule has 0 spiro atoms. The summed E-state index contributed by atoms with van der Waals surface area (Å²) in [4.78, 5) is 27.2. The highest BCUT2D eigenvalue weighted by atomic mass is 16.2. The number of anilines is 1. The highest BCUT2D eigenvalue weighted by Gasteiger charge is 2.49. The van der Waals surface area contributed by atoms with Crippen LogP contribution in [0.5, 0.6) is 0 Å². The number of imide groups is 1. The minimum absolute atomic E-state index is 0.0555. The van der Waals surface area contributed by atoms with Crippen LogP contribution in [0.1, 0.15) is 11.1 Å². The first-order chi connectivity index (χ1) is 12.2. The van der Waals surface area contributed by atoms with E-state index in [1.54, 1.807) is 0 Å².